The lowest BCUT2D eigenvalue weighted by atomic mass is 10.2. The summed E-state index contributed by atoms with van der Waals surface area (Å²) >= 11 is 0. The number of nitrogens with zero attached hydrogens (tertiary/aromatic N) is 2. The summed E-state index contributed by atoms with van der Waals surface area (Å²) in [5.41, 5.74) is 2.44. The van der Waals surface area contributed by atoms with Crippen LogP contribution in [0.3, 0.4) is 0 Å². The average Bonchev–Trinajstić information content (AvgIpc) is 2.58. The summed E-state index contributed by atoms with van der Waals surface area (Å²) in [4.78, 5) is 38.4. The van der Waals surface area contributed by atoms with Crippen LogP contribution in [-0.4, -0.2) is 55.5 Å². The molecule has 0 aliphatic carbocycles. The van der Waals surface area contributed by atoms with Crippen LogP contribution in [-0.2, 0) is 9.59 Å². The Morgan fingerprint density at radius 1 is 1.12 bits per heavy atom. The molecule has 1 aliphatic heterocycles. The maximum Gasteiger partial charge on any atom is 0.321 e. The van der Waals surface area contributed by atoms with Gasteiger partial charge >= 0.3 is 6.03 Å². The predicted molar refractivity (Wildman–Crippen MR) is 96.4 cm³/mol. The lowest BCUT2D eigenvalue weighted by Gasteiger charge is -2.36. The number of urea groups is 1. The molecule has 2 N–H and O–H groups in total. The first-order chi connectivity index (χ1) is 12.0. The van der Waals surface area contributed by atoms with Gasteiger partial charge in [0, 0.05) is 51.8 Å². The molecule has 25 heavy (non-hydrogen) atoms. The highest BCUT2D eigenvalue weighted by atomic mass is 16.2. The van der Waals surface area contributed by atoms with Crippen LogP contribution < -0.4 is 15.5 Å². The molecule has 0 spiro atoms. The van der Waals surface area contributed by atoms with Gasteiger partial charge in [-0.15, -0.1) is 0 Å². The van der Waals surface area contributed by atoms with Gasteiger partial charge in [-0.3, -0.25) is 14.9 Å². The van der Waals surface area contributed by atoms with Crippen molar-refractivity contribution in [2.45, 2.75) is 26.7 Å². The number of hydrogen-bond donors (Lipinski definition) is 2. The lowest BCUT2D eigenvalue weighted by Crippen LogP contribution is -2.49. The number of aryl methyl sites for hydroxylation is 1. The molecule has 0 bridgehead atoms. The van der Waals surface area contributed by atoms with Crippen molar-refractivity contribution in [1.82, 2.24) is 15.5 Å². The Labute approximate surface area is 148 Å². The van der Waals surface area contributed by atoms with Crippen molar-refractivity contribution < 1.29 is 14.4 Å². The zero-order valence-electron chi connectivity index (χ0n) is 14.9. The van der Waals surface area contributed by atoms with Gasteiger partial charge in [-0.1, -0.05) is 12.1 Å². The van der Waals surface area contributed by atoms with Gasteiger partial charge in [0.05, 0.1) is 0 Å². The number of hydrogen-bond acceptors (Lipinski definition) is 4. The van der Waals surface area contributed by atoms with E-state index in [1.165, 1.54) is 18.2 Å². The van der Waals surface area contributed by atoms with Crippen LogP contribution in [0.2, 0.25) is 0 Å². The van der Waals surface area contributed by atoms with Crippen LogP contribution in [0.15, 0.2) is 24.3 Å². The second kappa shape index (κ2) is 9.05. The van der Waals surface area contributed by atoms with Gasteiger partial charge in [-0.05, 0) is 31.0 Å². The molecule has 1 fully saturated rings. The Balaban J connectivity index is 1.67. The molecule has 0 unspecified atom stereocenters. The summed E-state index contributed by atoms with van der Waals surface area (Å²) in [5, 5.41) is 4.69. The lowest BCUT2D eigenvalue weighted by molar-refractivity contribution is -0.131. The third-order valence-corrected chi connectivity index (χ3v) is 4.14. The van der Waals surface area contributed by atoms with Crippen molar-refractivity contribution in [3.05, 3.63) is 29.8 Å². The summed E-state index contributed by atoms with van der Waals surface area (Å²) in [6.45, 7) is 6.81. The topological polar surface area (TPSA) is 81.8 Å². The van der Waals surface area contributed by atoms with Crippen molar-refractivity contribution in [2.24, 2.45) is 0 Å². The number of carbonyl (C=O) groups excluding carboxylic acids is 3. The van der Waals surface area contributed by atoms with E-state index in [0.29, 0.717) is 32.5 Å². The van der Waals surface area contributed by atoms with E-state index in [0.717, 1.165) is 13.1 Å². The highest BCUT2D eigenvalue weighted by Gasteiger charge is 2.20. The molecule has 7 nitrogen and oxygen atoms in total. The first kappa shape index (κ1) is 18.8. The highest BCUT2D eigenvalue weighted by Crippen LogP contribution is 2.18. The molecule has 1 aromatic rings. The molecule has 1 aromatic carbocycles. The van der Waals surface area contributed by atoms with Crippen LogP contribution in [0.1, 0.15) is 25.3 Å². The van der Waals surface area contributed by atoms with Gasteiger partial charge in [-0.25, -0.2) is 4.79 Å². The summed E-state index contributed by atoms with van der Waals surface area (Å²) in [7, 11) is 0. The van der Waals surface area contributed by atoms with Gasteiger partial charge in [0.1, 0.15) is 0 Å². The van der Waals surface area contributed by atoms with E-state index in [1.54, 1.807) is 0 Å². The fourth-order valence-corrected chi connectivity index (χ4v) is 2.84. The smallest absolute Gasteiger partial charge is 0.321 e. The van der Waals surface area contributed by atoms with E-state index in [9.17, 15) is 14.4 Å². The maximum absolute atomic E-state index is 12.2. The van der Waals surface area contributed by atoms with Crippen LogP contribution in [0.4, 0.5) is 10.5 Å². The van der Waals surface area contributed by atoms with Crippen molar-refractivity contribution >= 4 is 23.5 Å². The minimum absolute atomic E-state index is 0.109. The van der Waals surface area contributed by atoms with Gasteiger partial charge in [0.15, 0.2) is 0 Å². The van der Waals surface area contributed by atoms with Crippen LogP contribution >= 0.6 is 0 Å². The second-order valence-corrected chi connectivity index (χ2v) is 6.25. The molecular weight excluding hydrogens is 320 g/mol. The third-order valence-electron chi connectivity index (χ3n) is 4.14. The number of amides is 4. The van der Waals surface area contributed by atoms with Crippen LogP contribution in [0.5, 0.6) is 0 Å². The normalized spacial score (nSPS) is 14.2. The largest absolute Gasteiger partial charge is 0.368 e. The van der Waals surface area contributed by atoms with Gasteiger partial charge < -0.3 is 15.1 Å². The molecule has 0 atom stereocenters. The summed E-state index contributed by atoms with van der Waals surface area (Å²) in [6, 6.07) is 7.87. The number of piperazine rings is 1. The Hall–Kier alpha value is -2.57. The predicted octanol–water partition coefficient (Wildman–Crippen LogP) is 1.27. The van der Waals surface area contributed by atoms with E-state index in [-0.39, 0.29) is 5.91 Å². The minimum Gasteiger partial charge on any atom is -0.368 e. The van der Waals surface area contributed by atoms with Crippen LogP contribution in [0.25, 0.3) is 0 Å². The summed E-state index contributed by atoms with van der Waals surface area (Å²) < 4.78 is 0. The number of imide groups is 1. The van der Waals surface area contributed by atoms with E-state index in [2.05, 4.69) is 46.7 Å². The van der Waals surface area contributed by atoms with Gasteiger partial charge in [0.25, 0.3) is 0 Å². The molecule has 1 saturated heterocycles. The molecule has 136 valence electrons. The SMILES string of the molecule is CC(=O)NC(=O)NCCCC(=O)N1CCN(c2cccc(C)c2)CC1. The Bertz CT molecular complexity index is 625. The molecule has 2 rings (SSSR count). The fraction of sp³-hybridized carbons (Fsp3) is 0.500. The van der Waals surface area contributed by atoms with Crippen LogP contribution in [0, 0.1) is 6.92 Å². The quantitative estimate of drug-likeness (QED) is 0.787. The number of anilines is 1. The van der Waals surface area contributed by atoms with E-state index >= 15 is 0 Å². The second-order valence-electron chi connectivity index (χ2n) is 6.25. The number of nitrogens with one attached hydrogen (secondary N) is 2. The van der Waals surface area contributed by atoms with Crippen molar-refractivity contribution in [3.63, 3.8) is 0 Å². The molecule has 1 aliphatic rings. The third kappa shape index (κ3) is 6.10. The van der Waals surface area contributed by atoms with E-state index in [4.69, 9.17) is 0 Å². The molecule has 4 amide bonds. The van der Waals surface area contributed by atoms with Crippen molar-refractivity contribution in [2.75, 3.05) is 37.6 Å². The van der Waals surface area contributed by atoms with Gasteiger partial charge in [-0.2, -0.15) is 0 Å². The Kier molecular flexibility index (Phi) is 6.80. The molecule has 1 heterocycles. The van der Waals surface area contributed by atoms with Crippen molar-refractivity contribution in [1.29, 1.82) is 0 Å². The van der Waals surface area contributed by atoms with Crippen molar-refractivity contribution in [3.8, 4) is 0 Å². The first-order valence-electron chi connectivity index (χ1n) is 8.60. The molecule has 7 heteroatoms. The fourth-order valence-electron chi connectivity index (χ4n) is 2.84. The number of benzene rings is 1. The molecular formula is C18H26N4O3. The number of rotatable bonds is 5. The minimum atomic E-state index is -0.522. The Morgan fingerprint density at radius 2 is 1.84 bits per heavy atom. The molecule has 0 saturated carbocycles. The monoisotopic (exact) mass is 346 g/mol. The maximum atomic E-state index is 12.2. The Morgan fingerprint density at radius 3 is 2.48 bits per heavy atom. The standard InChI is InChI=1S/C18H26N4O3/c1-14-5-3-6-16(13-14)21-9-11-22(12-10-21)17(24)7-4-8-19-18(25)20-15(2)23/h3,5-6,13H,4,7-12H2,1-2H3,(H2,19,20,23,25). The van der Waals surface area contributed by atoms with E-state index in [1.807, 2.05) is 4.90 Å². The molecule has 0 aromatic heterocycles. The number of carbonyl (C=O) groups is 3. The first-order valence-corrected chi connectivity index (χ1v) is 8.60. The average molecular weight is 346 g/mol. The van der Waals surface area contributed by atoms with E-state index < -0.39 is 11.9 Å². The highest BCUT2D eigenvalue weighted by molar-refractivity contribution is 5.92. The summed E-state index contributed by atoms with van der Waals surface area (Å²) in [5.74, 6) is -0.294. The summed E-state index contributed by atoms with van der Waals surface area (Å²) in [6.07, 6.45) is 0.951. The molecule has 0 radical (unpaired) electrons. The zero-order chi connectivity index (χ0) is 18.2. The van der Waals surface area contributed by atoms with Gasteiger partial charge in [0.2, 0.25) is 11.8 Å². The zero-order valence-corrected chi connectivity index (χ0v) is 14.9.